The van der Waals surface area contributed by atoms with Gasteiger partial charge in [-0.2, -0.15) is 0 Å². The van der Waals surface area contributed by atoms with Gasteiger partial charge < -0.3 is 14.9 Å². The van der Waals surface area contributed by atoms with Crippen LogP contribution in [0.25, 0.3) is 0 Å². The van der Waals surface area contributed by atoms with Crippen molar-refractivity contribution < 1.29 is 18.7 Å². The first-order chi connectivity index (χ1) is 6.19. The van der Waals surface area contributed by atoms with E-state index in [1.165, 1.54) is 19.2 Å². The Kier molecular flexibility index (Phi) is 4.90. The molecule has 0 saturated carbocycles. The van der Waals surface area contributed by atoms with Gasteiger partial charge in [0.05, 0.1) is 13.7 Å². The maximum Gasteiger partial charge on any atom is 0.373 e. The van der Waals surface area contributed by atoms with Crippen molar-refractivity contribution >= 4 is 24.2 Å². The molecule has 0 atom stereocenters. The Balaban J connectivity index is 0.00000169. The average molecular weight is 220 g/mol. The molecule has 0 amide bonds. The Morgan fingerprint density at radius 3 is 2.50 bits per heavy atom. The fraction of sp³-hybridized carbons (Fsp3) is 0.250. The van der Waals surface area contributed by atoms with Gasteiger partial charge in [0.15, 0.2) is 5.76 Å². The highest BCUT2D eigenvalue weighted by atomic mass is 35.5. The molecule has 0 aliphatic heterocycles. The monoisotopic (exact) mass is 219 g/mol. The van der Waals surface area contributed by atoms with E-state index in [0.717, 1.165) is 0 Å². The Morgan fingerprint density at radius 2 is 2.00 bits per heavy atom. The Bertz CT molecular complexity index is 303. The van der Waals surface area contributed by atoms with E-state index in [1.807, 2.05) is 0 Å². The summed E-state index contributed by atoms with van der Waals surface area (Å²) in [5, 5.41) is 0. The van der Waals surface area contributed by atoms with Gasteiger partial charge >= 0.3 is 5.97 Å². The molecule has 78 valence electrons. The van der Waals surface area contributed by atoms with Gasteiger partial charge in [-0.25, -0.2) is 4.79 Å². The van der Waals surface area contributed by atoms with Gasteiger partial charge in [0, 0.05) is 0 Å². The predicted octanol–water partition coefficient (Wildman–Crippen LogP) is 0.629. The van der Waals surface area contributed by atoms with Crippen molar-refractivity contribution in [1.29, 1.82) is 0 Å². The van der Waals surface area contributed by atoms with Crippen molar-refractivity contribution in [2.75, 3.05) is 13.7 Å². The summed E-state index contributed by atoms with van der Waals surface area (Å²) in [6.07, 6.45) is 0. The maximum absolute atomic E-state index is 11.0. The molecule has 5 nitrogen and oxygen atoms in total. The topological polar surface area (TPSA) is 82.5 Å². The Labute approximate surface area is 86.6 Å². The zero-order valence-electron chi connectivity index (χ0n) is 7.48. The van der Waals surface area contributed by atoms with Crippen LogP contribution in [0.5, 0.6) is 0 Å². The SMILES string of the molecule is COC(=O)c1ccc(C(=O)CN)o1.Cl. The molecular formula is C8H10ClNO4. The molecule has 0 saturated heterocycles. The van der Waals surface area contributed by atoms with Crippen LogP contribution >= 0.6 is 12.4 Å². The third-order valence-electron chi connectivity index (χ3n) is 1.45. The van der Waals surface area contributed by atoms with Gasteiger partial charge in [0.1, 0.15) is 0 Å². The fourth-order valence-corrected chi connectivity index (χ4v) is 0.799. The molecule has 0 aromatic carbocycles. The number of esters is 1. The lowest BCUT2D eigenvalue weighted by atomic mass is 10.3. The molecule has 0 bridgehead atoms. The molecule has 0 spiro atoms. The first-order valence-electron chi connectivity index (χ1n) is 3.60. The molecule has 0 fully saturated rings. The molecule has 1 heterocycles. The van der Waals surface area contributed by atoms with E-state index < -0.39 is 5.97 Å². The van der Waals surface area contributed by atoms with E-state index in [0.29, 0.717) is 0 Å². The molecule has 6 heteroatoms. The van der Waals surface area contributed by atoms with Gasteiger partial charge in [0.25, 0.3) is 0 Å². The van der Waals surface area contributed by atoms with Gasteiger partial charge in [-0.05, 0) is 12.1 Å². The summed E-state index contributed by atoms with van der Waals surface area (Å²) >= 11 is 0. The van der Waals surface area contributed by atoms with Crippen molar-refractivity contribution in [3.63, 3.8) is 0 Å². The number of hydrogen-bond acceptors (Lipinski definition) is 5. The number of nitrogens with two attached hydrogens (primary N) is 1. The quantitative estimate of drug-likeness (QED) is 0.596. The van der Waals surface area contributed by atoms with Crippen LogP contribution < -0.4 is 5.73 Å². The van der Waals surface area contributed by atoms with E-state index in [4.69, 9.17) is 10.2 Å². The normalized spacial score (nSPS) is 9.00. The molecule has 0 aliphatic carbocycles. The van der Waals surface area contributed by atoms with Crippen molar-refractivity contribution in [1.82, 2.24) is 0 Å². The number of Topliss-reactive ketones (excluding diaryl/α,β-unsaturated/α-hetero) is 1. The molecule has 1 aromatic rings. The first kappa shape index (κ1) is 12.7. The second-order valence-corrected chi connectivity index (χ2v) is 2.28. The highest BCUT2D eigenvalue weighted by Crippen LogP contribution is 2.08. The average Bonchev–Trinajstić information content (AvgIpc) is 2.64. The molecule has 1 rings (SSSR count). The number of ether oxygens (including phenoxy) is 1. The van der Waals surface area contributed by atoms with Crippen LogP contribution in [0, 0.1) is 0 Å². The van der Waals surface area contributed by atoms with Crippen molar-refractivity contribution in [3.8, 4) is 0 Å². The minimum absolute atomic E-state index is 0. The summed E-state index contributed by atoms with van der Waals surface area (Å²) < 4.78 is 9.27. The number of ketones is 1. The predicted molar refractivity (Wildman–Crippen MR) is 50.7 cm³/mol. The summed E-state index contributed by atoms with van der Waals surface area (Å²) in [5.41, 5.74) is 5.10. The third-order valence-corrected chi connectivity index (χ3v) is 1.45. The third kappa shape index (κ3) is 2.58. The van der Waals surface area contributed by atoms with E-state index in [1.54, 1.807) is 0 Å². The number of carbonyl (C=O) groups is 2. The van der Waals surface area contributed by atoms with E-state index in [9.17, 15) is 9.59 Å². The number of hydrogen-bond donors (Lipinski definition) is 1. The van der Waals surface area contributed by atoms with Crippen LogP contribution in [0.2, 0.25) is 0 Å². The molecule has 0 unspecified atom stereocenters. The zero-order chi connectivity index (χ0) is 9.84. The molecule has 0 radical (unpaired) electrons. The smallest absolute Gasteiger partial charge is 0.373 e. The van der Waals surface area contributed by atoms with Crippen LogP contribution in [0.4, 0.5) is 0 Å². The number of methoxy groups -OCH3 is 1. The van der Waals surface area contributed by atoms with Gasteiger partial charge in [-0.1, -0.05) is 0 Å². The second kappa shape index (κ2) is 5.41. The van der Waals surface area contributed by atoms with Crippen LogP contribution in [-0.4, -0.2) is 25.4 Å². The second-order valence-electron chi connectivity index (χ2n) is 2.28. The minimum Gasteiger partial charge on any atom is -0.463 e. The van der Waals surface area contributed by atoms with Crippen LogP contribution in [0.15, 0.2) is 16.5 Å². The molecule has 2 N–H and O–H groups in total. The van der Waals surface area contributed by atoms with Crippen molar-refractivity contribution in [2.45, 2.75) is 0 Å². The standard InChI is InChI=1S/C8H9NO4.ClH/c1-12-8(11)7-3-2-6(13-7)5(10)4-9;/h2-3H,4,9H2,1H3;1H. The lowest BCUT2D eigenvalue weighted by Gasteiger charge is -1.93. The Hall–Kier alpha value is -1.33. The van der Waals surface area contributed by atoms with Crippen molar-refractivity contribution in [2.24, 2.45) is 5.73 Å². The maximum atomic E-state index is 11.0. The summed E-state index contributed by atoms with van der Waals surface area (Å²) in [4.78, 5) is 21.8. The lowest BCUT2D eigenvalue weighted by molar-refractivity contribution is 0.0563. The van der Waals surface area contributed by atoms with E-state index >= 15 is 0 Å². The summed E-state index contributed by atoms with van der Waals surface area (Å²) in [6, 6.07) is 2.76. The first-order valence-corrected chi connectivity index (χ1v) is 3.60. The number of carbonyl (C=O) groups excluding carboxylic acids is 2. The molecular weight excluding hydrogens is 210 g/mol. The van der Waals surface area contributed by atoms with Gasteiger partial charge in [-0.3, -0.25) is 4.79 Å². The van der Waals surface area contributed by atoms with Crippen LogP contribution in [0.3, 0.4) is 0 Å². The summed E-state index contributed by atoms with van der Waals surface area (Å²) in [7, 11) is 1.23. The van der Waals surface area contributed by atoms with E-state index in [2.05, 4.69) is 4.74 Å². The van der Waals surface area contributed by atoms with Crippen LogP contribution in [0.1, 0.15) is 21.1 Å². The lowest BCUT2D eigenvalue weighted by Crippen LogP contribution is -2.12. The summed E-state index contributed by atoms with van der Waals surface area (Å²) in [6.45, 7) is -0.145. The molecule has 14 heavy (non-hydrogen) atoms. The zero-order valence-corrected chi connectivity index (χ0v) is 8.30. The van der Waals surface area contributed by atoms with Gasteiger partial charge in [-0.15, -0.1) is 12.4 Å². The van der Waals surface area contributed by atoms with Gasteiger partial charge in [0.2, 0.25) is 11.5 Å². The van der Waals surface area contributed by atoms with Crippen molar-refractivity contribution in [3.05, 3.63) is 23.7 Å². The minimum atomic E-state index is -0.615. The highest BCUT2D eigenvalue weighted by Gasteiger charge is 2.14. The highest BCUT2D eigenvalue weighted by molar-refractivity contribution is 5.96. The summed E-state index contributed by atoms with van der Waals surface area (Å²) in [5.74, 6) is -0.895. The number of halogens is 1. The van der Waals surface area contributed by atoms with Crippen LogP contribution in [-0.2, 0) is 4.74 Å². The fourth-order valence-electron chi connectivity index (χ4n) is 0.799. The Morgan fingerprint density at radius 1 is 1.43 bits per heavy atom. The number of furan rings is 1. The molecule has 1 aromatic heterocycles. The number of rotatable bonds is 3. The van der Waals surface area contributed by atoms with E-state index in [-0.39, 0.29) is 36.3 Å². The largest absolute Gasteiger partial charge is 0.463 e. The molecule has 0 aliphatic rings.